The van der Waals surface area contributed by atoms with Crippen molar-refractivity contribution < 1.29 is 13.2 Å². The monoisotopic (exact) mass is 269 g/mol. The molecule has 1 aliphatic heterocycles. The van der Waals surface area contributed by atoms with Crippen molar-refractivity contribution in [3.8, 4) is 5.75 Å². The summed E-state index contributed by atoms with van der Waals surface area (Å²) in [5, 5.41) is 3.34. The topological polar surface area (TPSA) is 55.4 Å². The van der Waals surface area contributed by atoms with Gasteiger partial charge in [0.05, 0.1) is 11.5 Å². The van der Waals surface area contributed by atoms with Crippen LogP contribution in [0.15, 0.2) is 29.2 Å². The van der Waals surface area contributed by atoms with Crippen LogP contribution in [-0.4, -0.2) is 34.4 Å². The van der Waals surface area contributed by atoms with Crippen molar-refractivity contribution in [2.45, 2.75) is 17.7 Å². The minimum atomic E-state index is -3.12. The van der Waals surface area contributed by atoms with Gasteiger partial charge in [0.1, 0.15) is 5.75 Å². The number of benzene rings is 1. The van der Waals surface area contributed by atoms with Gasteiger partial charge in [-0.05, 0) is 43.7 Å². The molecule has 0 spiro atoms. The summed E-state index contributed by atoms with van der Waals surface area (Å²) in [6.07, 6.45) is 3.59. The normalized spacial score (nSPS) is 20.6. The fourth-order valence-electron chi connectivity index (χ4n) is 2.06. The van der Waals surface area contributed by atoms with E-state index in [2.05, 4.69) is 5.32 Å². The van der Waals surface area contributed by atoms with E-state index in [0.717, 1.165) is 18.8 Å². The molecule has 1 atom stereocenters. The van der Waals surface area contributed by atoms with Gasteiger partial charge in [-0.25, -0.2) is 8.42 Å². The van der Waals surface area contributed by atoms with Gasteiger partial charge in [-0.1, -0.05) is 0 Å². The highest BCUT2D eigenvalue weighted by molar-refractivity contribution is 7.90. The van der Waals surface area contributed by atoms with Crippen molar-refractivity contribution in [2.75, 3.05) is 26.0 Å². The van der Waals surface area contributed by atoms with Gasteiger partial charge in [-0.15, -0.1) is 0 Å². The van der Waals surface area contributed by atoms with Gasteiger partial charge in [0.25, 0.3) is 0 Å². The lowest BCUT2D eigenvalue weighted by Crippen LogP contribution is -2.33. The second-order valence-corrected chi connectivity index (χ2v) is 6.78. The number of ether oxygens (including phenoxy) is 1. The van der Waals surface area contributed by atoms with Crippen LogP contribution in [0.1, 0.15) is 12.8 Å². The molecule has 1 aromatic carbocycles. The van der Waals surface area contributed by atoms with E-state index in [1.807, 2.05) is 0 Å². The first-order valence-electron chi connectivity index (χ1n) is 6.19. The number of hydrogen-bond donors (Lipinski definition) is 1. The van der Waals surface area contributed by atoms with Crippen molar-refractivity contribution in [3.05, 3.63) is 24.3 Å². The maximum Gasteiger partial charge on any atom is 0.175 e. The first kappa shape index (κ1) is 13.4. The predicted molar refractivity (Wildman–Crippen MR) is 70.6 cm³/mol. The van der Waals surface area contributed by atoms with Crippen LogP contribution in [0, 0.1) is 5.92 Å². The smallest absolute Gasteiger partial charge is 0.175 e. The van der Waals surface area contributed by atoms with Crippen LogP contribution < -0.4 is 10.1 Å². The predicted octanol–water partition coefficient (Wildman–Crippen LogP) is 1.47. The molecule has 0 aliphatic carbocycles. The summed E-state index contributed by atoms with van der Waals surface area (Å²) in [6, 6.07) is 6.60. The Morgan fingerprint density at radius 2 is 2.06 bits per heavy atom. The Labute approximate surface area is 108 Å². The number of nitrogens with one attached hydrogen (secondary N) is 1. The Balaban J connectivity index is 1.90. The third-order valence-electron chi connectivity index (χ3n) is 3.14. The lowest BCUT2D eigenvalue weighted by Gasteiger charge is -2.22. The summed E-state index contributed by atoms with van der Waals surface area (Å²) >= 11 is 0. The van der Waals surface area contributed by atoms with Crippen LogP contribution in [-0.2, 0) is 9.84 Å². The van der Waals surface area contributed by atoms with Crippen LogP contribution >= 0.6 is 0 Å². The minimum absolute atomic E-state index is 0.328. The summed E-state index contributed by atoms with van der Waals surface area (Å²) in [5.41, 5.74) is 0. The average Bonchev–Trinajstić information content (AvgIpc) is 2.37. The van der Waals surface area contributed by atoms with E-state index in [0.29, 0.717) is 17.4 Å². The van der Waals surface area contributed by atoms with Gasteiger partial charge in [0.2, 0.25) is 0 Å². The van der Waals surface area contributed by atoms with Gasteiger partial charge in [0.15, 0.2) is 9.84 Å². The molecule has 1 unspecified atom stereocenters. The lowest BCUT2D eigenvalue weighted by molar-refractivity contribution is 0.218. The number of sulfone groups is 1. The van der Waals surface area contributed by atoms with Gasteiger partial charge in [0, 0.05) is 18.7 Å². The van der Waals surface area contributed by atoms with E-state index in [9.17, 15) is 8.42 Å². The van der Waals surface area contributed by atoms with Crippen molar-refractivity contribution in [1.82, 2.24) is 5.32 Å². The van der Waals surface area contributed by atoms with Crippen molar-refractivity contribution in [3.63, 3.8) is 0 Å². The molecular weight excluding hydrogens is 250 g/mol. The standard InChI is InChI=1S/C13H19NO3S/c1-18(15,16)13-6-4-12(5-7-13)17-10-11-3-2-8-14-9-11/h4-7,11,14H,2-3,8-10H2,1H3. The SMILES string of the molecule is CS(=O)(=O)c1ccc(OCC2CCCNC2)cc1. The Morgan fingerprint density at radius 1 is 1.33 bits per heavy atom. The minimum Gasteiger partial charge on any atom is -0.493 e. The average molecular weight is 269 g/mol. The molecule has 0 radical (unpaired) electrons. The largest absolute Gasteiger partial charge is 0.493 e. The van der Waals surface area contributed by atoms with Crippen LogP contribution in [0.25, 0.3) is 0 Å². The van der Waals surface area contributed by atoms with E-state index in [1.165, 1.54) is 19.1 Å². The first-order valence-corrected chi connectivity index (χ1v) is 8.08. The number of hydrogen-bond acceptors (Lipinski definition) is 4. The summed E-state index contributed by atoms with van der Waals surface area (Å²) in [5.74, 6) is 1.28. The Bertz CT molecular complexity index is 475. The zero-order valence-electron chi connectivity index (χ0n) is 10.6. The fourth-order valence-corrected chi connectivity index (χ4v) is 2.69. The molecule has 2 rings (SSSR count). The van der Waals surface area contributed by atoms with Crippen molar-refractivity contribution in [2.24, 2.45) is 5.92 Å². The van der Waals surface area contributed by atoms with E-state index in [-0.39, 0.29) is 0 Å². The zero-order chi connectivity index (χ0) is 13.0. The molecule has 1 aromatic rings. The highest BCUT2D eigenvalue weighted by atomic mass is 32.2. The lowest BCUT2D eigenvalue weighted by atomic mass is 10.0. The van der Waals surface area contributed by atoms with Gasteiger partial charge in [-0.2, -0.15) is 0 Å². The molecule has 0 aromatic heterocycles. The second-order valence-electron chi connectivity index (χ2n) is 4.77. The molecule has 5 heteroatoms. The summed E-state index contributed by atoms with van der Waals surface area (Å²) in [7, 11) is -3.12. The Hall–Kier alpha value is -1.07. The molecule has 1 N–H and O–H groups in total. The maximum absolute atomic E-state index is 11.3. The quantitative estimate of drug-likeness (QED) is 0.899. The first-order chi connectivity index (χ1) is 8.55. The Kier molecular flexibility index (Phi) is 4.24. The molecule has 4 nitrogen and oxygen atoms in total. The molecule has 1 fully saturated rings. The van der Waals surface area contributed by atoms with Crippen molar-refractivity contribution in [1.29, 1.82) is 0 Å². The summed E-state index contributed by atoms with van der Waals surface area (Å²) in [6.45, 7) is 2.78. The molecule has 0 amide bonds. The van der Waals surface area contributed by atoms with Gasteiger partial charge in [-0.3, -0.25) is 0 Å². The number of piperidine rings is 1. The molecule has 0 bridgehead atoms. The van der Waals surface area contributed by atoms with Crippen LogP contribution in [0.2, 0.25) is 0 Å². The maximum atomic E-state index is 11.3. The van der Waals surface area contributed by atoms with E-state index in [4.69, 9.17) is 4.74 Å². The third kappa shape index (κ3) is 3.71. The van der Waals surface area contributed by atoms with Crippen molar-refractivity contribution >= 4 is 9.84 Å². The Morgan fingerprint density at radius 3 is 2.61 bits per heavy atom. The highest BCUT2D eigenvalue weighted by Crippen LogP contribution is 2.18. The molecule has 1 saturated heterocycles. The molecular formula is C13H19NO3S. The summed E-state index contributed by atoms with van der Waals surface area (Å²) in [4.78, 5) is 0.328. The molecule has 100 valence electrons. The van der Waals surface area contributed by atoms with E-state index < -0.39 is 9.84 Å². The zero-order valence-corrected chi connectivity index (χ0v) is 11.4. The summed E-state index contributed by atoms with van der Waals surface area (Å²) < 4.78 is 28.3. The third-order valence-corrected chi connectivity index (χ3v) is 4.26. The molecule has 1 aliphatic rings. The van der Waals surface area contributed by atoms with E-state index >= 15 is 0 Å². The fraction of sp³-hybridized carbons (Fsp3) is 0.538. The van der Waals surface area contributed by atoms with Crippen LogP contribution in [0.4, 0.5) is 0 Å². The van der Waals surface area contributed by atoms with Gasteiger partial charge < -0.3 is 10.1 Å². The highest BCUT2D eigenvalue weighted by Gasteiger charge is 2.13. The van der Waals surface area contributed by atoms with Gasteiger partial charge >= 0.3 is 0 Å². The van der Waals surface area contributed by atoms with Crippen LogP contribution in [0.3, 0.4) is 0 Å². The number of rotatable bonds is 4. The second kappa shape index (κ2) is 5.71. The molecule has 18 heavy (non-hydrogen) atoms. The molecule has 0 saturated carbocycles. The van der Waals surface area contributed by atoms with Crippen LogP contribution in [0.5, 0.6) is 5.75 Å². The molecule has 1 heterocycles. The van der Waals surface area contributed by atoms with E-state index in [1.54, 1.807) is 24.3 Å².